The number of carboxylic acid groups (broad SMARTS) is 2. The van der Waals surface area contributed by atoms with E-state index in [4.69, 9.17) is 10.2 Å². The summed E-state index contributed by atoms with van der Waals surface area (Å²) >= 11 is 0. The topological polar surface area (TPSA) is 90.4 Å². The van der Waals surface area contributed by atoms with E-state index in [1.54, 1.807) is 0 Å². The molecule has 0 aliphatic heterocycles. The minimum Gasteiger partial charge on any atom is -0.478 e. The van der Waals surface area contributed by atoms with Crippen molar-refractivity contribution in [2.24, 2.45) is 0 Å². The molecule has 0 atom stereocenters. The zero-order valence-corrected chi connectivity index (χ0v) is 8.98. The molecule has 0 unspecified atom stereocenters. The Hall–Kier alpha value is -2.63. The fourth-order valence-corrected chi connectivity index (χ4v) is 1.70. The van der Waals surface area contributed by atoms with E-state index in [9.17, 15) is 14.0 Å². The molecule has 6 heteroatoms. The summed E-state index contributed by atoms with van der Waals surface area (Å²) in [6.07, 6.45) is 1.04. The van der Waals surface area contributed by atoms with Gasteiger partial charge in [0.1, 0.15) is 11.5 Å². The molecule has 0 spiro atoms. The summed E-state index contributed by atoms with van der Waals surface area (Å²) in [6, 6.07) is 5.41. The van der Waals surface area contributed by atoms with Crippen LogP contribution in [0.4, 0.5) is 4.39 Å². The average Bonchev–Trinajstić information content (AvgIpc) is 2.74. The molecular formula is C12H8FNO4. The van der Waals surface area contributed by atoms with Gasteiger partial charge < -0.3 is 15.2 Å². The van der Waals surface area contributed by atoms with Crippen molar-refractivity contribution < 1.29 is 24.2 Å². The van der Waals surface area contributed by atoms with Crippen molar-refractivity contribution in [3.63, 3.8) is 0 Å². The molecular weight excluding hydrogens is 241 g/mol. The van der Waals surface area contributed by atoms with Crippen LogP contribution in [0.3, 0.4) is 0 Å². The van der Waals surface area contributed by atoms with Gasteiger partial charge in [0, 0.05) is 17.3 Å². The molecule has 1 aromatic carbocycles. The van der Waals surface area contributed by atoms with E-state index >= 15 is 0 Å². The van der Waals surface area contributed by atoms with Gasteiger partial charge in [0.2, 0.25) is 0 Å². The highest BCUT2D eigenvalue weighted by Crippen LogP contribution is 2.29. The van der Waals surface area contributed by atoms with E-state index in [0.717, 1.165) is 12.3 Å². The highest BCUT2D eigenvalue weighted by Gasteiger charge is 2.23. The van der Waals surface area contributed by atoms with Crippen LogP contribution >= 0.6 is 0 Å². The van der Waals surface area contributed by atoms with Crippen molar-refractivity contribution in [2.75, 3.05) is 0 Å². The molecule has 1 aromatic heterocycles. The van der Waals surface area contributed by atoms with E-state index in [1.165, 1.54) is 18.2 Å². The van der Waals surface area contributed by atoms with Crippen molar-refractivity contribution in [2.45, 2.75) is 0 Å². The predicted molar refractivity (Wildman–Crippen MR) is 60.1 cm³/mol. The third-order valence-electron chi connectivity index (χ3n) is 2.47. The summed E-state index contributed by atoms with van der Waals surface area (Å²) in [5.41, 5.74) is -0.850. The van der Waals surface area contributed by atoms with Gasteiger partial charge in [0.25, 0.3) is 0 Å². The SMILES string of the molecule is O=C(O)c1c[nH]c(C(=O)O)c1-c1ccccc1F. The van der Waals surface area contributed by atoms with Crippen molar-refractivity contribution in [3.05, 3.63) is 47.5 Å². The average molecular weight is 249 g/mol. The number of benzene rings is 1. The smallest absolute Gasteiger partial charge is 0.352 e. The number of aromatic nitrogens is 1. The number of H-pyrrole nitrogens is 1. The number of nitrogens with one attached hydrogen (secondary N) is 1. The van der Waals surface area contributed by atoms with Gasteiger partial charge in [-0.25, -0.2) is 14.0 Å². The van der Waals surface area contributed by atoms with Gasteiger partial charge in [0.15, 0.2) is 0 Å². The largest absolute Gasteiger partial charge is 0.478 e. The number of carboxylic acids is 2. The second kappa shape index (κ2) is 4.33. The third kappa shape index (κ3) is 1.84. The molecule has 0 bridgehead atoms. The van der Waals surface area contributed by atoms with Gasteiger partial charge in [-0.15, -0.1) is 0 Å². The summed E-state index contributed by atoms with van der Waals surface area (Å²) < 4.78 is 13.6. The molecule has 0 saturated heterocycles. The Bertz CT molecular complexity index is 601. The summed E-state index contributed by atoms with van der Waals surface area (Å²) in [5, 5.41) is 17.9. The van der Waals surface area contributed by atoms with E-state index in [0.29, 0.717) is 0 Å². The van der Waals surface area contributed by atoms with Crippen LogP contribution in [0, 0.1) is 5.82 Å². The molecule has 0 aliphatic rings. The summed E-state index contributed by atoms with van der Waals surface area (Å²) in [6.45, 7) is 0. The second-order valence-electron chi connectivity index (χ2n) is 3.54. The maximum Gasteiger partial charge on any atom is 0.352 e. The Balaban J connectivity index is 2.76. The minimum atomic E-state index is -1.35. The first-order chi connectivity index (χ1) is 8.52. The molecule has 0 aliphatic carbocycles. The van der Waals surface area contributed by atoms with Crippen LogP contribution < -0.4 is 0 Å². The molecule has 0 saturated carbocycles. The first-order valence-electron chi connectivity index (χ1n) is 4.95. The molecule has 0 radical (unpaired) electrons. The quantitative estimate of drug-likeness (QED) is 0.777. The Labute approximate surface area is 101 Å². The number of aromatic amines is 1. The number of hydrogen-bond acceptors (Lipinski definition) is 2. The lowest BCUT2D eigenvalue weighted by Crippen LogP contribution is -2.03. The zero-order chi connectivity index (χ0) is 13.3. The Kier molecular flexibility index (Phi) is 2.85. The monoisotopic (exact) mass is 249 g/mol. The highest BCUT2D eigenvalue weighted by molar-refractivity contribution is 6.04. The molecule has 0 amide bonds. The van der Waals surface area contributed by atoms with Crippen LogP contribution in [-0.4, -0.2) is 27.1 Å². The fraction of sp³-hybridized carbons (Fsp3) is 0. The summed E-state index contributed by atoms with van der Waals surface area (Å²) in [5.74, 6) is -3.35. The number of carbonyl (C=O) groups is 2. The first kappa shape index (κ1) is 11.8. The Morgan fingerprint density at radius 2 is 1.78 bits per heavy atom. The van der Waals surface area contributed by atoms with Gasteiger partial charge in [0.05, 0.1) is 5.56 Å². The molecule has 0 fully saturated rings. The van der Waals surface area contributed by atoms with Gasteiger partial charge in [-0.2, -0.15) is 0 Å². The maximum absolute atomic E-state index is 13.6. The Morgan fingerprint density at radius 3 is 2.33 bits per heavy atom. The van der Waals surface area contributed by atoms with Gasteiger partial charge in [-0.1, -0.05) is 18.2 Å². The molecule has 92 valence electrons. The molecule has 3 N–H and O–H groups in total. The van der Waals surface area contributed by atoms with Crippen molar-refractivity contribution in [1.82, 2.24) is 4.98 Å². The predicted octanol–water partition coefficient (Wildman–Crippen LogP) is 2.22. The second-order valence-corrected chi connectivity index (χ2v) is 3.54. The number of rotatable bonds is 3. The minimum absolute atomic E-state index is 0.0615. The lowest BCUT2D eigenvalue weighted by atomic mass is 10.0. The van der Waals surface area contributed by atoms with Crippen molar-refractivity contribution >= 4 is 11.9 Å². The van der Waals surface area contributed by atoms with Crippen LogP contribution in [-0.2, 0) is 0 Å². The van der Waals surface area contributed by atoms with Crippen LogP contribution in [0.2, 0.25) is 0 Å². The number of halogens is 1. The van der Waals surface area contributed by atoms with Crippen LogP contribution in [0.25, 0.3) is 11.1 Å². The zero-order valence-electron chi connectivity index (χ0n) is 8.98. The molecule has 2 rings (SSSR count). The van der Waals surface area contributed by atoms with E-state index in [1.807, 2.05) is 0 Å². The van der Waals surface area contributed by atoms with Crippen molar-refractivity contribution in [1.29, 1.82) is 0 Å². The highest BCUT2D eigenvalue weighted by atomic mass is 19.1. The molecule has 5 nitrogen and oxygen atoms in total. The fourth-order valence-electron chi connectivity index (χ4n) is 1.70. The Morgan fingerprint density at radius 1 is 1.11 bits per heavy atom. The number of aromatic carboxylic acids is 2. The first-order valence-corrected chi connectivity index (χ1v) is 4.95. The number of hydrogen-bond donors (Lipinski definition) is 3. The van der Waals surface area contributed by atoms with Crippen LogP contribution in [0.5, 0.6) is 0 Å². The van der Waals surface area contributed by atoms with Crippen molar-refractivity contribution in [3.8, 4) is 11.1 Å². The molecule has 18 heavy (non-hydrogen) atoms. The van der Waals surface area contributed by atoms with Crippen LogP contribution in [0.1, 0.15) is 20.8 Å². The van der Waals surface area contributed by atoms with Gasteiger partial charge in [-0.3, -0.25) is 0 Å². The third-order valence-corrected chi connectivity index (χ3v) is 2.47. The van der Waals surface area contributed by atoms with E-state index in [2.05, 4.69) is 4.98 Å². The lowest BCUT2D eigenvalue weighted by Gasteiger charge is -2.04. The maximum atomic E-state index is 13.6. The van der Waals surface area contributed by atoms with Gasteiger partial charge in [-0.05, 0) is 6.07 Å². The normalized spacial score (nSPS) is 10.3. The molecule has 2 aromatic rings. The molecule has 1 heterocycles. The van der Waals surface area contributed by atoms with E-state index < -0.39 is 17.8 Å². The summed E-state index contributed by atoms with van der Waals surface area (Å²) in [4.78, 5) is 24.3. The van der Waals surface area contributed by atoms with E-state index in [-0.39, 0.29) is 22.4 Å². The van der Waals surface area contributed by atoms with Gasteiger partial charge >= 0.3 is 11.9 Å². The lowest BCUT2D eigenvalue weighted by molar-refractivity contribution is 0.0688. The standard InChI is InChI=1S/C12H8FNO4/c13-8-4-2-1-3-6(8)9-7(11(15)16)5-14-10(9)12(17)18/h1-5,14H,(H,15,16)(H,17,18). The van der Waals surface area contributed by atoms with Crippen LogP contribution in [0.15, 0.2) is 30.5 Å². The summed E-state index contributed by atoms with van der Waals surface area (Å²) in [7, 11) is 0.